The molecule has 0 radical (unpaired) electrons. The molecule has 1 aromatic rings. The second kappa shape index (κ2) is 4.05. The number of hydrogen-bond donors (Lipinski definition) is 2. The van der Waals surface area contributed by atoms with Crippen molar-refractivity contribution in [3.63, 3.8) is 0 Å². The zero-order chi connectivity index (χ0) is 12.5. The van der Waals surface area contributed by atoms with Gasteiger partial charge in [0.05, 0.1) is 5.41 Å². The molecule has 1 aliphatic heterocycles. The van der Waals surface area contributed by atoms with Crippen LogP contribution in [0, 0.1) is 0 Å². The van der Waals surface area contributed by atoms with E-state index in [0.29, 0.717) is 6.42 Å². The summed E-state index contributed by atoms with van der Waals surface area (Å²) in [4.78, 5) is 23.2. The van der Waals surface area contributed by atoms with Crippen LogP contribution >= 0.6 is 0 Å². The number of imide groups is 1. The van der Waals surface area contributed by atoms with Crippen LogP contribution in [0.4, 0.5) is 0 Å². The minimum absolute atomic E-state index is 0.394. The Balaban J connectivity index is 2.59. The van der Waals surface area contributed by atoms with E-state index in [1.165, 1.54) is 6.08 Å². The molecule has 0 saturated heterocycles. The minimum Gasteiger partial charge on any atom is -0.503 e. The van der Waals surface area contributed by atoms with Crippen molar-refractivity contribution < 1.29 is 14.7 Å². The van der Waals surface area contributed by atoms with E-state index >= 15 is 0 Å². The quantitative estimate of drug-likeness (QED) is 0.757. The Morgan fingerprint density at radius 3 is 2.47 bits per heavy atom. The highest BCUT2D eigenvalue weighted by Gasteiger charge is 2.42. The van der Waals surface area contributed by atoms with Gasteiger partial charge in [0.15, 0.2) is 5.76 Å². The Hall–Kier alpha value is -2.10. The van der Waals surface area contributed by atoms with Gasteiger partial charge in [0.1, 0.15) is 0 Å². The highest BCUT2D eigenvalue weighted by Crippen LogP contribution is 2.32. The van der Waals surface area contributed by atoms with Crippen LogP contribution in [0.25, 0.3) is 0 Å². The van der Waals surface area contributed by atoms with E-state index in [9.17, 15) is 14.7 Å². The molecule has 1 atom stereocenters. The van der Waals surface area contributed by atoms with Gasteiger partial charge in [-0.05, 0) is 18.1 Å². The molecule has 1 unspecified atom stereocenters. The number of carbonyl (C=O) groups is 2. The van der Waals surface area contributed by atoms with Crippen molar-refractivity contribution in [2.24, 2.45) is 0 Å². The van der Waals surface area contributed by atoms with Crippen LogP contribution < -0.4 is 5.32 Å². The van der Waals surface area contributed by atoms with Gasteiger partial charge in [-0.25, -0.2) is 0 Å². The molecule has 4 heteroatoms. The van der Waals surface area contributed by atoms with Gasteiger partial charge < -0.3 is 5.11 Å². The van der Waals surface area contributed by atoms with Crippen molar-refractivity contribution in [1.82, 2.24) is 5.32 Å². The number of benzene rings is 1. The monoisotopic (exact) mass is 231 g/mol. The maximum atomic E-state index is 12.0. The van der Waals surface area contributed by atoms with Crippen molar-refractivity contribution in [1.29, 1.82) is 0 Å². The molecular formula is C13H13NO3. The number of nitrogens with one attached hydrogen (secondary N) is 1. The van der Waals surface area contributed by atoms with Gasteiger partial charge in [0.25, 0.3) is 5.91 Å². The average Bonchev–Trinajstić information content (AvgIpc) is 2.35. The summed E-state index contributed by atoms with van der Waals surface area (Å²) in [6.07, 6.45) is 1.81. The summed E-state index contributed by atoms with van der Waals surface area (Å²) in [7, 11) is 0. The van der Waals surface area contributed by atoms with E-state index in [4.69, 9.17) is 0 Å². The van der Waals surface area contributed by atoms with Gasteiger partial charge in [-0.2, -0.15) is 0 Å². The minimum atomic E-state index is -0.959. The molecule has 0 aromatic heterocycles. The molecule has 0 bridgehead atoms. The van der Waals surface area contributed by atoms with Crippen LogP contribution in [0.5, 0.6) is 0 Å². The van der Waals surface area contributed by atoms with Crippen molar-refractivity contribution in [3.05, 3.63) is 47.7 Å². The molecule has 1 heterocycles. The predicted molar refractivity (Wildman–Crippen MR) is 62.3 cm³/mol. The number of aliphatic hydroxyl groups excluding tert-OH is 1. The summed E-state index contributed by atoms with van der Waals surface area (Å²) in [5, 5.41) is 11.7. The van der Waals surface area contributed by atoms with E-state index in [2.05, 4.69) is 5.32 Å². The molecule has 17 heavy (non-hydrogen) atoms. The van der Waals surface area contributed by atoms with Gasteiger partial charge >= 0.3 is 0 Å². The fourth-order valence-electron chi connectivity index (χ4n) is 2.06. The topological polar surface area (TPSA) is 66.4 Å². The van der Waals surface area contributed by atoms with Gasteiger partial charge in [-0.15, -0.1) is 0 Å². The standard InChI is InChI=1S/C13H13NO3/c1-2-13(9-6-4-3-5-7-9)8-10(15)11(16)14-12(13)17/h3-8,15H,2H2,1H3,(H,14,16,17). The van der Waals surface area contributed by atoms with E-state index in [0.717, 1.165) is 5.56 Å². The van der Waals surface area contributed by atoms with E-state index in [1.54, 1.807) is 0 Å². The largest absolute Gasteiger partial charge is 0.503 e. The zero-order valence-electron chi connectivity index (χ0n) is 9.43. The lowest BCUT2D eigenvalue weighted by Gasteiger charge is -2.31. The lowest BCUT2D eigenvalue weighted by Crippen LogP contribution is -2.50. The van der Waals surface area contributed by atoms with E-state index in [-0.39, 0.29) is 0 Å². The van der Waals surface area contributed by atoms with Crippen LogP contribution in [-0.2, 0) is 15.0 Å². The van der Waals surface area contributed by atoms with Crippen molar-refractivity contribution in [2.75, 3.05) is 0 Å². The highest BCUT2D eigenvalue weighted by atomic mass is 16.3. The first-order valence-corrected chi connectivity index (χ1v) is 5.43. The summed E-state index contributed by atoms with van der Waals surface area (Å²) >= 11 is 0. The summed E-state index contributed by atoms with van der Waals surface area (Å²) in [6, 6.07) is 9.11. The van der Waals surface area contributed by atoms with Crippen LogP contribution in [0.15, 0.2) is 42.2 Å². The summed E-state index contributed by atoms with van der Waals surface area (Å²) in [5.41, 5.74) is -0.196. The maximum Gasteiger partial charge on any atom is 0.292 e. The third-order valence-electron chi connectivity index (χ3n) is 3.09. The fraction of sp³-hybridized carbons (Fsp3) is 0.231. The molecule has 1 aliphatic rings. The fourth-order valence-corrected chi connectivity index (χ4v) is 2.06. The van der Waals surface area contributed by atoms with Crippen molar-refractivity contribution in [2.45, 2.75) is 18.8 Å². The molecule has 4 nitrogen and oxygen atoms in total. The summed E-state index contributed by atoms with van der Waals surface area (Å²) < 4.78 is 0. The third kappa shape index (κ3) is 1.71. The Bertz CT molecular complexity index is 493. The SMILES string of the molecule is CCC1(c2ccccc2)C=C(O)C(=O)NC1=O. The molecule has 88 valence electrons. The lowest BCUT2D eigenvalue weighted by atomic mass is 9.75. The molecule has 0 aliphatic carbocycles. The van der Waals surface area contributed by atoms with Gasteiger partial charge in [-0.3, -0.25) is 14.9 Å². The number of hydrogen-bond acceptors (Lipinski definition) is 3. The predicted octanol–water partition coefficient (Wildman–Crippen LogP) is 1.43. The first kappa shape index (κ1) is 11.4. The molecule has 0 fully saturated rings. The Morgan fingerprint density at radius 2 is 1.88 bits per heavy atom. The summed E-state index contributed by atoms with van der Waals surface area (Å²) in [5.74, 6) is -1.54. The van der Waals surface area contributed by atoms with Crippen LogP contribution in [0.1, 0.15) is 18.9 Å². The second-order valence-electron chi connectivity index (χ2n) is 4.00. The number of rotatable bonds is 2. The Kier molecular flexibility index (Phi) is 2.71. The summed E-state index contributed by atoms with van der Waals surface area (Å²) in [6.45, 7) is 1.84. The van der Waals surface area contributed by atoms with Gasteiger partial charge in [0, 0.05) is 0 Å². The Labute approximate surface area is 99.0 Å². The van der Waals surface area contributed by atoms with Crippen molar-refractivity contribution >= 4 is 11.8 Å². The first-order chi connectivity index (χ1) is 8.10. The average molecular weight is 231 g/mol. The first-order valence-electron chi connectivity index (χ1n) is 5.43. The highest BCUT2D eigenvalue weighted by molar-refractivity contribution is 6.10. The molecule has 0 saturated carbocycles. The van der Waals surface area contributed by atoms with Crippen LogP contribution in [-0.4, -0.2) is 16.9 Å². The van der Waals surface area contributed by atoms with Crippen molar-refractivity contribution in [3.8, 4) is 0 Å². The van der Waals surface area contributed by atoms with Crippen LogP contribution in [0.2, 0.25) is 0 Å². The van der Waals surface area contributed by atoms with E-state index < -0.39 is 23.0 Å². The third-order valence-corrected chi connectivity index (χ3v) is 3.09. The zero-order valence-corrected chi connectivity index (χ0v) is 9.43. The van der Waals surface area contributed by atoms with Gasteiger partial charge in [0.2, 0.25) is 5.91 Å². The number of carbonyl (C=O) groups excluding carboxylic acids is 2. The smallest absolute Gasteiger partial charge is 0.292 e. The normalized spacial score (nSPS) is 24.2. The second-order valence-corrected chi connectivity index (χ2v) is 4.00. The number of aliphatic hydroxyl groups is 1. The molecule has 1 aromatic carbocycles. The van der Waals surface area contributed by atoms with E-state index in [1.807, 2.05) is 37.3 Å². The lowest BCUT2D eigenvalue weighted by molar-refractivity contribution is -0.134. The molecule has 2 amide bonds. The van der Waals surface area contributed by atoms with Crippen LogP contribution in [0.3, 0.4) is 0 Å². The molecule has 0 spiro atoms. The molecular weight excluding hydrogens is 218 g/mol. The maximum absolute atomic E-state index is 12.0. The Morgan fingerprint density at radius 1 is 1.24 bits per heavy atom. The van der Waals surface area contributed by atoms with Gasteiger partial charge in [-0.1, -0.05) is 37.3 Å². The molecule has 2 rings (SSSR count). The number of amides is 2. The molecule has 2 N–H and O–H groups in total.